The third-order valence-electron chi connectivity index (χ3n) is 2.89. The van der Waals surface area contributed by atoms with Crippen LogP contribution < -0.4 is 5.32 Å². The highest BCUT2D eigenvalue weighted by Gasteiger charge is 2.25. The Morgan fingerprint density at radius 2 is 2.00 bits per heavy atom. The maximum absolute atomic E-state index is 12.9. The minimum atomic E-state index is -0.963. The van der Waals surface area contributed by atoms with E-state index in [2.05, 4.69) is 5.32 Å². The van der Waals surface area contributed by atoms with Crippen molar-refractivity contribution >= 4 is 23.5 Å². The SMILES string of the molecule is CC(C)(C)CC(CNC(=O)c1ccc(F)cc1Cl)C(=O)O. The first-order valence-corrected chi connectivity index (χ1v) is 6.94. The highest BCUT2D eigenvalue weighted by Crippen LogP contribution is 2.24. The molecule has 21 heavy (non-hydrogen) atoms. The lowest BCUT2D eigenvalue weighted by Gasteiger charge is -2.23. The molecule has 0 spiro atoms. The molecule has 1 unspecified atom stereocenters. The summed E-state index contributed by atoms with van der Waals surface area (Å²) in [5.74, 6) is -2.70. The number of carbonyl (C=O) groups excluding carboxylic acids is 1. The maximum atomic E-state index is 12.9. The number of hydrogen-bond acceptors (Lipinski definition) is 2. The molecular formula is C15H19ClFNO3. The van der Waals surface area contributed by atoms with E-state index in [4.69, 9.17) is 11.6 Å². The summed E-state index contributed by atoms with van der Waals surface area (Å²) in [5, 5.41) is 11.7. The number of aliphatic carboxylic acids is 1. The summed E-state index contributed by atoms with van der Waals surface area (Å²) in [4.78, 5) is 23.2. The number of rotatable bonds is 5. The van der Waals surface area contributed by atoms with Gasteiger partial charge in [0.1, 0.15) is 5.82 Å². The summed E-state index contributed by atoms with van der Waals surface area (Å²) < 4.78 is 12.9. The number of halogens is 2. The Bertz CT molecular complexity index is 540. The van der Waals surface area contributed by atoms with Crippen molar-refractivity contribution in [3.8, 4) is 0 Å². The summed E-state index contributed by atoms with van der Waals surface area (Å²) in [6.45, 7) is 5.80. The van der Waals surface area contributed by atoms with Gasteiger partial charge in [-0.1, -0.05) is 32.4 Å². The van der Waals surface area contributed by atoms with Crippen molar-refractivity contribution in [2.45, 2.75) is 27.2 Å². The van der Waals surface area contributed by atoms with Crippen LogP contribution in [0.5, 0.6) is 0 Å². The van der Waals surface area contributed by atoms with Crippen LogP contribution in [0.4, 0.5) is 4.39 Å². The lowest BCUT2D eigenvalue weighted by atomic mass is 9.84. The molecule has 116 valence electrons. The van der Waals surface area contributed by atoms with Crippen LogP contribution in [-0.4, -0.2) is 23.5 Å². The summed E-state index contributed by atoms with van der Waals surface area (Å²) in [7, 11) is 0. The van der Waals surface area contributed by atoms with E-state index in [1.165, 1.54) is 6.07 Å². The third kappa shape index (κ3) is 5.71. The average Bonchev–Trinajstić information content (AvgIpc) is 2.32. The van der Waals surface area contributed by atoms with Crippen molar-refractivity contribution in [3.05, 3.63) is 34.6 Å². The summed E-state index contributed by atoms with van der Waals surface area (Å²) in [5.41, 5.74) is -0.0423. The van der Waals surface area contributed by atoms with Gasteiger partial charge in [-0.15, -0.1) is 0 Å². The van der Waals surface area contributed by atoms with Crippen LogP contribution in [0, 0.1) is 17.2 Å². The zero-order chi connectivity index (χ0) is 16.2. The van der Waals surface area contributed by atoms with Crippen LogP contribution in [0.1, 0.15) is 37.6 Å². The number of amides is 1. The minimum absolute atomic E-state index is 0.000851. The molecule has 0 aliphatic rings. The summed E-state index contributed by atoms with van der Waals surface area (Å²) in [6, 6.07) is 3.44. The molecule has 0 aliphatic carbocycles. The Kier molecular flexibility index (Phi) is 5.72. The molecule has 1 atom stereocenters. The standard InChI is InChI=1S/C15H19ClFNO3/c1-15(2,3)7-9(14(20)21)8-18-13(19)11-5-4-10(17)6-12(11)16/h4-6,9H,7-8H2,1-3H3,(H,18,19)(H,20,21). The van der Waals surface area contributed by atoms with E-state index in [-0.39, 0.29) is 22.5 Å². The zero-order valence-electron chi connectivity index (χ0n) is 12.2. The van der Waals surface area contributed by atoms with E-state index in [0.717, 1.165) is 12.1 Å². The van der Waals surface area contributed by atoms with E-state index < -0.39 is 23.6 Å². The molecule has 0 radical (unpaired) electrons. The number of nitrogens with one attached hydrogen (secondary N) is 1. The molecule has 2 N–H and O–H groups in total. The molecule has 0 heterocycles. The van der Waals surface area contributed by atoms with Crippen molar-refractivity contribution < 1.29 is 19.1 Å². The van der Waals surface area contributed by atoms with E-state index in [0.29, 0.717) is 6.42 Å². The third-order valence-corrected chi connectivity index (χ3v) is 3.21. The van der Waals surface area contributed by atoms with Gasteiger partial charge in [0.15, 0.2) is 0 Å². The fraction of sp³-hybridized carbons (Fsp3) is 0.467. The fourth-order valence-electron chi connectivity index (χ4n) is 1.97. The van der Waals surface area contributed by atoms with Gasteiger partial charge < -0.3 is 10.4 Å². The average molecular weight is 316 g/mol. The van der Waals surface area contributed by atoms with E-state index in [9.17, 15) is 19.1 Å². The molecule has 0 aromatic heterocycles. The molecule has 4 nitrogen and oxygen atoms in total. The first-order chi connectivity index (χ1) is 9.60. The number of hydrogen-bond donors (Lipinski definition) is 2. The van der Waals surface area contributed by atoms with E-state index in [1.807, 2.05) is 20.8 Å². The van der Waals surface area contributed by atoms with Crippen molar-refractivity contribution in [1.29, 1.82) is 0 Å². The van der Waals surface area contributed by atoms with Crippen molar-refractivity contribution in [2.75, 3.05) is 6.54 Å². The number of benzene rings is 1. The van der Waals surface area contributed by atoms with Crippen LogP contribution >= 0.6 is 11.6 Å². The molecule has 6 heteroatoms. The van der Waals surface area contributed by atoms with Gasteiger partial charge in [0.2, 0.25) is 0 Å². The van der Waals surface area contributed by atoms with Crippen molar-refractivity contribution in [3.63, 3.8) is 0 Å². The molecule has 0 fully saturated rings. The van der Waals surface area contributed by atoms with Gasteiger partial charge in [-0.2, -0.15) is 0 Å². The van der Waals surface area contributed by atoms with Crippen LogP contribution in [0.25, 0.3) is 0 Å². The second-order valence-electron chi connectivity index (χ2n) is 6.13. The normalized spacial score (nSPS) is 12.8. The van der Waals surface area contributed by atoms with Gasteiger partial charge >= 0.3 is 5.97 Å². The predicted octanol–water partition coefficient (Wildman–Crippen LogP) is 3.35. The first-order valence-electron chi connectivity index (χ1n) is 6.56. The van der Waals surface area contributed by atoms with Crippen molar-refractivity contribution in [1.82, 2.24) is 5.32 Å². The molecule has 0 saturated carbocycles. The van der Waals surface area contributed by atoms with Gasteiger partial charge in [0, 0.05) is 6.54 Å². The van der Waals surface area contributed by atoms with Crippen LogP contribution in [-0.2, 0) is 4.79 Å². The Balaban J connectivity index is 2.71. The molecule has 1 amide bonds. The molecule has 1 aromatic rings. The smallest absolute Gasteiger partial charge is 0.308 e. The highest BCUT2D eigenvalue weighted by atomic mass is 35.5. The number of carbonyl (C=O) groups is 2. The lowest BCUT2D eigenvalue weighted by molar-refractivity contribution is -0.142. The van der Waals surface area contributed by atoms with Gasteiger partial charge in [-0.05, 0) is 30.0 Å². The van der Waals surface area contributed by atoms with Gasteiger partial charge in [-0.3, -0.25) is 9.59 Å². The van der Waals surface area contributed by atoms with Crippen LogP contribution in [0.2, 0.25) is 5.02 Å². The molecule has 0 saturated heterocycles. The molecule has 0 aliphatic heterocycles. The largest absolute Gasteiger partial charge is 0.481 e. The topological polar surface area (TPSA) is 66.4 Å². The van der Waals surface area contributed by atoms with Gasteiger partial charge in [-0.25, -0.2) is 4.39 Å². The van der Waals surface area contributed by atoms with Crippen LogP contribution in [0.15, 0.2) is 18.2 Å². The van der Waals surface area contributed by atoms with Gasteiger partial charge in [0.05, 0.1) is 16.5 Å². The Morgan fingerprint density at radius 1 is 1.38 bits per heavy atom. The fourth-order valence-corrected chi connectivity index (χ4v) is 2.22. The predicted molar refractivity (Wildman–Crippen MR) is 78.9 cm³/mol. The second kappa shape index (κ2) is 6.89. The lowest BCUT2D eigenvalue weighted by Crippen LogP contribution is -2.35. The number of carboxylic acid groups (broad SMARTS) is 1. The molecule has 0 bridgehead atoms. The van der Waals surface area contributed by atoms with Crippen molar-refractivity contribution in [2.24, 2.45) is 11.3 Å². The maximum Gasteiger partial charge on any atom is 0.308 e. The Morgan fingerprint density at radius 3 is 2.48 bits per heavy atom. The van der Waals surface area contributed by atoms with E-state index in [1.54, 1.807) is 0 Å². The molecular weight excluding hydrogens is 297 g/mol. The number of carboxylic acids is 1. The van der Waals surface area contributed by atoms with E-state index >= 15 is 0 Å². The highest BCUT2D eigenvalue weighted by molar-refractivity contribution is 6.33. The quantitative estimate of drug-likeness (QED) is 0.875. The zero-order valence-corrected chi connectivity index (χ0v) is 13.0. The second-order valence-corrected chi connectivity index (χ2v) is 6.54. The molecule has 1 aromatic carbocycles. The first kappa shape index (κ1) is 17.4. The Labute approximate surface area is 128 Å². The summed E-state index contributed by atoms with van der Waals surface area (Å²) >= 11 is 5.79. The monoisotopic (exact) mass is 315 g/mol. The summed E-state index contributed by atoms with van der Waals surface area (Å²) in [6.07, 6.45) is 0.430. The van der Waals surface area contributed by atoms with Gasteiger partial charge in [0.25, 0.3) is 5.91 Å². The Hall–Kier alpha value is -1.62. The minimum Gasteiger partial charge on any atom is -0.481 e. The van der Waals surface area contributed by atoms with Crippen LogP contribution in [0.3, 0.4) is 0 Å². The molecule has 1 rings (SSSR count).